The molecule has 0 aliphatic carbocycles. The van der Waals surface area contributed by atoms with Gasteiger partial charge in [-0.3, -0.25) is 4.79 Å². The maximum Gasteiger partial charge on any atom is 0.316 e. The summed E-state index contributed by atoms with van der Waals surface area (Å²) in [5, 5.41) is 5.54. The van der Waals surface area contributed by atoms with Crippen molar-refractivity contribution in [3.05, 3.63) is 59.3 Å². The van der Waals surface area contributed by atoms with Crippen molar-refractivity contribution >= 4 is 32.8 Å². The molecule has 1 fully saturated rings. The summed E-state index contributed by atoms with van der Waals surface area (Å²) in [5.74, 6) is -0.277. The van der Waals surface area contributed by atoms with Crippen molar-refractivity contribution in [2.75, 3.05) is 39.4 Å². The second-order valence-electron chi connectivity index (χ2n) is 7.69. The number of morpholine rings is 1. The zero-order valence-corrected chi connectivity index (χ0v) is 19.3. The minimum absolute atomic E-state index is 0.114. The second-order valence-corrected chi connectivity index (χ2v) is 10.8. The molecule has 2 aromatic heterocycles. The Balaban J connectivity index is 1.30. The molecule has 1 amide bonds. The van der Waals surface area contributed by atoms with Crippen LogP contribution in [0.4, 0.5) is 0 Å². The van der Waals surface area contributed by atoms with Gasteiger partial charge in [0.2, 0.25) is 5.82 Å². The van der Waals surface area contributed by atoms with E-state index >= 15 is 0 Å². The average Bonchev–Trinajstić information content (AvgIpc) is 3.55. The molecule has 2 aliphatic heterocycles. The molecule has 9 nitrogen and oxygen atoms in total. The minimum atomic E-state index is -3.65. The van der Waals surface area contributed by atoms with Gasteiger partial charge in [0.05, 0.1) is 13.2 Å². The summed E-state index contributed by atoms with van der Waals surface area (Å²) in [5.41, 5.74) is 2.77. The zero-order chi connectivity index (χ0) is 22.8. The number of ether oxygens (including phenoxy) is 1. The van der Waals surface area contributed by atoms with Crippen molar-refractivity contribution < 1.29 is 22.5 Å². The van der Waals surface area contributed by atoms with E-state index in [2.05, 4.69) is 10.1 Å². The molecule has 1 saturated heterocycles. The van der Waals surface area contributed by atoms with E-state index in [0.717, 1.165) is 22.5 Å². The van der Waals surface area contributed by atoms with Gasteiger partial charge in [-0.15, -0.1) is 11.3 Å². The Hall–Kier alpha value is -2.86. The number of hydrogen-bond acceptors (Lipinski definition) is 8. The molecule has 4 heterocycles. The van der Waals surface area contributed by atoms with Gasteiger partial charge in [-0.2, -0.15) is 9.29 Å². The van der Waals surface area contributed by atoms with Gasteiger partial charge in [-0.1, -0.05) is 41.6 Å². The predicted molar refractivity (Wildman–Crippen MR) is 122 cm³/mol. The van der Waals surface area contributed by atoms with E-state index in [1.165, 1.54) is 10.4 Å². The number of benzene rings is 1. The number of carbonyl (C=O) groups is 1. The number of amides is 1. The number of nitrogens with zero attached hydrogens (tertiary/aromatic N) is 4. The van der Waals surface area contributed by atoms with E-state index < -0.39 is 10.0 Å². The van der Waals surface area contributed by atoms with Gasteiger partial charge >= 0.3 is 11.8 Å². The van der Waals surface area contributed by atoms with Crippen LogP contribution in [-0.4, -0.2) is 73.1 Å². The molecule has 33 heavy (non-hydrogen) atoms. The summed E-state index contributed by atoms with van der Waals surface area (Å²) in [4.78, 5) is 18.3. The largest absolute Gasteiger partial charge is 0.378 e. The summed E-state index contributed by atoms with van der Waals surface area (Å²) < 4.78 is 38.4. The topological polar surface area (TPSA) is 106 Å². The summed E-state index contributed by atoms with van der Waals surface area (Å²) in [6.07, 6.45) is 2.62. The first-order valence-corrected chi connectivity index (χ1v) is 12.9. The first-order chi connectivity index (χ1) is 16.0. The quantitative estimate of drug-likeness (QED) is 0.546. The maximum absolute atomic E-state index is 13.2. The highest BCUT2D eigenvalue weighted by atomic mass is 32.2. The lowest BCUT2D eigenvalue weighted by atomic mass is 10.0. The van der Waals surface area contributed by atoms with Crippen LogP contribution in [0.25, 0.3) is 17.0 Å². The smallest absolute Gasteiger partial charge is 0.316 e. The average molecular weight is 487 g/mol. The molecule has 172 valence electrons. The van der Waals surface area contributed by atoms with E-state index in [0.29, 0.717) is 51.4 Å². The van der Waals surface area contributed by atoms with Crippen molar-refractivity contribution in [3.63, 3.8) is 0 Å². The van der Waals surface area contributed by atoms with Crippen LogP contribution in [0.1, 0.15) is 22.7 Å². The highest BCUT2D eigenvalue weighted by Crippen LogP contribution is 2.31. The Morgan fingerprint density at radius 2 is 1.85 bits per heavy atom. The number of hydrogen-bond donors (Lipinski definition) is 0. The lowest BCUT2D eigenvalue weighted by molar-refractivity contribution is 0.0272. The number of carbonyl (C=O) groups excluding carboxylic acids is 1. The lowest BCUT2D eigenvalue weighted by Crippen LogP contribution is -2.40. The molecule has 0 atom stereocenters. The zero-order valence-electron chi connectivity index (χ0n) is 17.7. The van der Waals surface area contributed by atoms with Gasteiger partial charge in [-0.25, -0.2) is 8.42 Å². The van der Waals surface area contributed by atoms with Crippen molar-refractivity contribution in [1.82, 2.24) is 19.3 Å². The van der Waals surface area contributed by atoms with Crippen LogP contribution in [0, 0.1) is 0 Å². The fourth-order valence-corrected chi connectivity index (χ4v) is 6.50. The molecule has 1 aromatic carbocycles. The lowest BCUT2D eigenvalue weighted by Gasteiger charge is -2.25. The molecule has 0 radical (unpaired) electrons. The standard InChI is InChI=1S/C22H22N4O5S2/c27-22(25-10-12-30-13-11-25)21-23-20(24-31-21)18-14-19(32-15-18)33(28,29)26-8-6-17(7-9-26)16-4-2-1-3-5-16/h1-6,14-15H,7-13H2. The fourth-order valence-electron chi connectivity index (χ4n) is 3.81. The predicted octanol–water partition coefficient (Wildman–Crippen LogP) is 2.75. The van der Waals surface area contributed by atoms with E-state index in [1.807, 2.05) is 36.4 Å². The summed E-state index contributed by atoms with van der Waals surface area (Å²) in [6.45, 7) is 2.60. The van der Waals surface area contributed by atoms with Gasteiger partial charge in [0.1, 0.15) is 4.21 Å². The van der Waals surface area contributed by atoms with Crippen molar-refractivity contribution in [1.29, 1.82) is 0 Å². The summed E-state index contributed by atoms with van der Waals surface area (Å²) in [6, 6.07) is 11.5. The highest BCUT2D eigenvalue weighted by molar-refractivity contribution is 7.91. The molecule has 0 bridgehead atoms. The third-order valence-corrected chi connectivity index (χ3v) is 8.93. The van der Waals surface area contributed by atoms with Gasteiger partial charge in [-0.05, 0) is 23.6 Å². The van der Waals surface area contributed by atoms with Gasteiger partial charge in [0.25, 0.3) is 10.0 Å². The highest BCUT2D eigenvalue weighted by Gasteiger charge is 2.29. The third kappa shape index (κ3) is 4.49. The number of rotatable bonds is 5. The minimum Gasteiger partial charge on any atom is -0.378 e. The Bertz CT molecular complexity index is 1280. The molecule has 0 spiro atoms. The number of thiophene rings is 1. The Morgan fingerprint density at radius 3 is 2.58 bits per heavy atom. The van der Waals surface area contributed by atoms with Gasteiger partial charge in [0.15, 0.2) is 0 Å². The summed E-state index contributed by atoms with van der Waals surface area (Å²) in [7, 11) is -3.65. The van der Waals surface area contributed by atoms with Crippen LogP contribution in [0.15, 0.2) is 56.6 Å². The SMILES string of the molecule is O=C(c1nc(-c2csc(S(=O)(=O)N3CC=C(c4ccccc4)CC3)c2)no1)N1CCOCC1. The van der Waals surface area contributed by atoms with Crippen LogP contribution in [-0.2, 0) is 14.8 Å². The molecular formula is C22H22N4O5S2. The van der Waals surface area contributed by atoms with Crippen molar-refractivity contribution in [2.45, 2.75) is 10.6 Å². The number of aromatic nitrogens is 2. The first kappa shape index (κ1) is 22.0. The number of sulfonamides is 1. The first-order valence-electron chi connectivity index (χ1n) is 10.6. The monoisotopic (exact) mass is 486 g/mol. The van der Waals surface area contributed by atoms with Crippen molar-refractivity contribution in [2.24, 2.45) is 0 Å². The van der Waals surface area contributed by atoms with Crippen LogP contribution in [0.5, 0.6) is 0 Å². The van der Waals surface area contributed by atoms with Crippen molar-refractivity contribution in [3.8, 4) is 11.4 Å². The molecule has 0 N–H and O–H groups in total. The molecular weight excluding hydrogens is 464 g/mol. The summed E-state index contributed by atoms with van der Waals surface area (Å²) >= 11 is 1.10. The molecule has 2 aliphatic rings. The van der Waals surface area contributed by atoms with Crippen LogP contribution < -0.4 is 0 Å². The fraction of sp³-hybridized carbons (Fsp3) is 0.318. The van der Waals surface area contributed by atoms with E-state index in [1.54, 1.807) is 10.3 Å². The normalized spacial score (nSPS) is 17.7. The molecule has 0 unspecified atom stereocenters. The Morgan fingerprint density at radius 1 is 1.06 bits per heavy atom. The van der Waals surface area contributed by atoms with E-state index in [-0.39, 0.29) is 21.8 Å². The molecule has 11 heteroatoms. The van der Waals surface area contributed by atoms with Gasteiger partial charge < -0.3 is 14.2 Å². The molecule has 5 rings (SSSR count). The molecule has 3 aromatic rings. The third-order valence-electron chi connectivity index (χ3n) is 5.65. The molecule has 0 saturated carbocycles. The van der Waals surface area contributed by atoms with Crippen LogP contribution in [0.3, 0.4) is 0 Å². The second kappa shape index (κ2) is 9.18. The Kier molecular flexibility index (Phi) is 6.11. The van der Waals surface area contributed by atoms with Crippen LogP contribution >= 0.6 is 11.3 Å². The Labute approximate surface area is 195 Å². The van der Waals surface area contributed by atoms with E-state index in [9.17, 15) is 13.2 Å². The van der Waals surface area contributed by atoms with Gasteiger partial charge in [0, 0.05) is 37.1 Å². The maximum atomic E-state index is 13.2. The van der Waals surface area contributed by atoms with E-state index in [4.69, 9.17) is 9.26 Å². The van der Waals surface area contributed by atoms with Crippen LogP contribution in [0.2, 0.25) is 0 Å².